The first-order chi connectivity index (χ1) is 12.3. The molecular weight excluding hydrogens is 371 g/mol. The number of thiophene rings is 1. The number of ketones is 1. The summed E-state index contributed by atoms with van der Waals surface area (Å²) in [6, 6.07) is 7.84. The first kappa shape index (κ1) is 18.8. The molecule has 0 atom stereocenters. The van der Waals surface area contributed by atoms with E-state index in [-0.39, 0.29) is 29.5 Å². The highest BCUT2D eigenvalue weighted by atomic mass is 32.2. The van der Waals surface area contributed by atoms with Gasteiger partial charge in [0.1, 0.15) is 16.3 Å². The van der Waals surface area contributed by atoms with E-state index in [0.29, 0.717) is 15.4 Å². The van der Waals surface area contributed by atoms with Crippen molar-refractivity contribution < 1.29 is 9.18 Å². The summed E-state index contributed by atoms with van der Waals surface area (Å²) in [6.07, 6.45) is 0. The zero-order valence-electron chi connectivity index (χ0n) is 14.8. The summed E-state index contributed by atoms with van der Waals surface area (Å²) >= 11 is 2.62. The number of hydrogen-bond acceptors (Lipinski definition) is 5. The van der Waals surface area contributed by atoms with Crippen LogP contribution in [-0.4, -0.2) is 21.1 Å². The summed E-state index contributed by atoms with van der Waals surface area (Å²) in [7, 11) is 0. The highest BCUT2D eigenvalue weighted by molar-refractivity contribution is 7.99. The van der Waals surface area contributed by atoms with Crippen LogP contribution in [0.3, 0.4) is 0 Å². The number of nitrogens with zero attached hydrogens (tertiary/aromatic N) is 2. The Bertz CT molecular complexity index is 1000. The molecule has 7 heteroatoms. The summed E-state index contributed by atoms with van der Waals surface area (Å²) in [6.45, 7) is 5.90. The second-order valence-corrected chi connectivity index (χ2v) is 8.87. The van der Waals surface area contributed by atoms with Gasteiger partial charge in [0.05, 0.1) is 17.8 Å². The number of carbonyl (C=O) groups is 1. The lowest BCUT2D eigenvalue weighted by Gasteiger charge is -2.17. The Morgan fingerprint density at radius 3 is 2.58 bits per heavy atom. The van der Waals surface area contributed by atoms with Crippen molar-refractivity contribution in [3.8, 4) is 0 Å². The molecule has 0 spiro atoms. The third kappa shape index (κ3) is 4.04. The minimum Gasteiger partial charge on any atom is -0.298 e. The van der Waals surface area contributed by atoms with E-state index in [1.807, 2.05) is 26.2 Å². The molecule has 26 heavy (non-hydrogen) atoms. The molecule has 2 aromatic heterocycles. The van der Waals surface area contributed by atoms with Crippen LogP contribution in [0.2, 0.25) is 0 Å². The lowest BCUT2D eigenvalue weighted by molar-refractivity contribution is -0.123. The van der Waals surface area contributed by atoms with Crippen LogP contribution in [0.5, 0.6) is 0 Å². The molecule has 0 aliphatic rings. The maximum absolute atomic E-state index is 13.2. The number of hydrogen-bond donors (Lipinski definition) is 0. The average molecular weight is 391 g/mol. The van der Waals surface area contributed by atoms with Crippen LogP contribution in [0.25, 0.3) is 10.2 Å². The number of aromatic nitrogens is 2. The predicted octanol–water partition coefficient (Wildman–Crippen LogP) is 4.35. The van der Waals surface area contributed by atoms with Gasteiger partial charge in [-0.3, -0.25) is 14.2 Å². The molecule has 0 amide bonds. The fourth-order valence-electron chi connectivity index (χ4n) is 2.29. The zero-order chi connectivity index (χ0) is 18.9. The van der Waals surface area contributed by atoms with Gasteiger partial charge in [-0.05, 0) is 29.1 Å². The van der Waals surface area contributed by atoms with Gasteiger partial charge in [0.25, 0.3) is 5.56 Å². The predicted molar refractivity (Wildman–Crippen MR) is 105 cm³/mol. The lowest BCUT2D eigenvalue weighted by atomic mass is 9.92. The number of Topliss-reactive ketones (excluding diaryl/α,β-unsaturated/α-hetero) is 1. The second kappa shape index (κ2) is 7.32. The molecule has 2 heterocycles. The normalized spacial score (nSPS) is 11.8. The van der Waals surface area contributed by atoms with Gasteiger partial charge in [-0.1, -0.05) is 44.7 Å². The minimum absolute atomic E-state index is 0.0931. The number of rotatable bonds is 5. The Balaban J connectivity index is 1.98. The Morgan fingerprint density at radius 2 is 1.92 bits per heavy atom. The molecule has 4 nitrogen and oxygen atoms in total. The molecule has 0 saturated heterocycles. The van der Waals surface area contributed by atoms with Crippen LogP contribution >= 0.6 is 23.1 Å². The van der Waals surface area contributed by atoms with E-state index in [2.05, 4.69) is 4.98 Å². The van der Waals surface area contributed by atoms with Crippen molar-refractivity contribution in [2.75, 3.05) is 5.75 Å². The lowest BCUT2D eigenvalue weighted by Crippen LogP contribution is -2.25. The Labute approximate surface area is 159 Å². The van der Waals surface area contributed by atoms with Gasteiger partial charge in [0.2, 0.25) is 0 Å². The molecule has 0 aliphatic carbocycles. The Kier molecular flexibility index (Phi) is 5.29. The Hall–Kier alpha value is -1.99. The molecule has 1 aromatic carbocycles. The number of thioether (sulfide) groups is 1. The molecule has 0 aliphatic heterocycles. The molecule has 3 aromatic rings. The van der Waals surface area contributed by atoms with Crippen LogP contribution in [-0.2, 0) is 11.3 Å². The van der Waals surface area contributed by atoms with Crippen molar-refractivity contribution >= 4 is 39.1 Å². The van der Waals surface area contributed by atoms with Crippen molar-refractivity contribution in [1.82, 2.24) is 9.55 Å². The van der Waals surface area contributed by atoms with Gasteiger partial charge in [0, 0.05) is 5.41 Å². The van der Waals surface area contributed by atoms with E-state index in [1.54, 1.807) is 22.8 Å². The van der Waals surface area contributed by atoms with Crippen molar-refractivity contribution in [3.63, 3.8) is 0 Å². The van der Waals surface area contributed by atoms with Gasteiger partial charge in [0.15, 0.2) is 5.16 Å². The number of carbonyl (C=O) groups excluding carboxylic acids is 1. The highest BCUT2D eigenvalue weighted by Crippen LogP contribution is 2.25. The minimum atomic E-state index is -0.443. The van der Waals surface area contributed by atoms with E-state index in [1.165, 1.54) is 35.2 Å². The number of fused-ring (bicyclic) bond motifs is 1. The van der Waals surface area contributed by atoms with E-state index in [4.69, 9.17) is 0 Å². The summed E-state index contributed by atoms with van der Waals surface area (Å²) in [5, 5.41) is 2.33. The molecule has 3 rings (SSSR count). The van der Waals surface area contributed by atoms with Gasteiger partial charge < -0.3 is 0 Å². The molecule has 0 N–H and O–H groups in total. The number of halogens is 1. The van der Waals surface area contributed by atoms with E-state index in [9.17, 15) is 14.0 Å². The smallest absolute Gasteiger partial charge is 0.272 e. The van der Waals surface area contributed by atoms with Gasteiger partial charge >= 0.3 is 0 Å². The fourth-order valence-corrected chi connectivity index (χ4v) is 4.23. The summed E-state index contributed by atoms with van der Waals surface area (Å²) in [5.74, 6) is 0.0171. The van der Waals surface area contributed by atoms with Crippen LogP contribution in [0.1, 0.15) is 26.3 Å². The second-order valence-electron chi connectivity index (χ2n) is 7.01. The maximum atomic E-state index is 13.2. The molecule has 0 bridgehead atoms. The van der Waals surface area contributed by atoms with Crippen LogP contribution < -0.4 is 5.56 Å². The highest BCUT2D eigenvalue weighted by Gasteiger charge is 2.22. The molecule has 0 radical (unpaired) electrons. The topological polar surface area (TPSA) is 52.0 Å². The molecule has 136 valence electrons. The van der Waals surface area contributed by atoms with E-state index >= 15 is 0 Å². The molecule has 0 fully saturated rings. The largest absolute Gasteiger partial charge is 0.298 e. The Morgan fingerprint density at radius 1 is 1.23 bits per heavy atom. The monoisotopic (exact) mass is 390 g/mol. The van der Waals surface area contributed by atoms with Crippen molar-refractivity contribution in [2.45, 2.75) is 32.5 Å². The van der Waals surface area contributed by atoms with E-state index in [0.717, 1.165) is 5.56 Å². The van der Waals surface area contributed by atoms with Crippen molar-refractivity contribution in [3.05, 3.63) is 57.4 Å². The van der Waals surface area contributed by atoms with Crippen LogP contribution in [0, 0.1) is 11.2 Å². The van der Waals surface area contributed by atoms with Crippen molar-refractivity contribution in [1.29, 1.82) is 0 Å². The van der Waals surface area contributed by atoms with Gasteiger partial charge in [-0.25, -0.2) is 9.37 Å². The third-order valence-electron chi connectivity index (χ3n) is 3.95. The fraction of sp³-hybridized carbons (Fsp3) is 0.316. The number of benzene rings is 1. The molecule has 0 saturated carbocycles. The van der Waals surface area contributed by atoms with E-state index < -0.39 is 5.41 Å². The first-order valence-corrected chi connectivity index (χ1v) is 10.0. The third-order valence-corrected chi connectivity index (χ3v) is 5.82. The van der Waals surface area contributed by atoms with Gasteiger partial charge in [-0.2, -0.15) is 0 Å². The standard InChI is InChI=1S/C19H19FN2O2S2/c1-19(2,3)15(23)11-26-18-21-14-8-9-25-16(14)17(24)22(18)10-12-4-6-13(20)7-5-12/h4-9H,10-11H2,1-3H3. The SMILES string of the molecule is CC(C)(C)C(=O)CSc1nc2ccsc2c(=O)n1Cc1ccc(F)cc1. The molecule has 0 unspecified atom stereocenters. The van der Waals surface area contributed by atoms with Crippen molar-refractivity contribution in [2.24, 2.45) is 5.41 Å². The van der Waals surface area contributed by atoms with Crippen LogP contribution in [0.15, 0.2) is 45.7 Å². The molecular formula is C19H19FN2O2S2. The first-order valence-electron chi connectivity index (χ1n) is 8.14. The summed E-state index contributed by atoms with van der Waals surface area (Å²) in [4.78, 5) is 29.7. The maximum Gasteiger partial charge on any atom is 0.272 e. The average Bonchev–Trinajstić information content (AvgIpc) is 3.05. The van der Waals surface area contributed by atoms with Gasteiger partial charge in [-0.15, -0.1) is 11.3 Å². The van der Waals surface area contributed by atoms with Crippen LogP contribution in [0.4, 0.5) is 4.39 Å². The zero-order valence-corrected chi connectivity index (χ0v) is 16.4. The summed E-state index contributed by atoms with van der Waals surface area (Å²) < 4.78 is 15.3. The quantitative estimate of drug-likeness (QED) is 0.480. The summed E-state index contributed by atoms with van der Waals surface area (Å²) in [5.41, 5.74) is 0.859.